The summed E-state index contributed by atoms with van der Waals surface area (Å²) in [4.78, 5) is 0. The number of ether oxygens (including phenoxy) is 3. The third-order valence-electron chi connectivity index (χ3n) is 5.58. The van der Waals surface area contributed by atoms with Crippen LogP contribution < -0.4 is 14.8 Å². The van der Waals surface area contributed by atoms with E-state index >= 15 is 0 Å². The number of piperidine rings is 1. The van der Waals surface area contributed by atoms with Gasteiger partial charge in [0.1, 0.15) is 5.60 Å². The van der Waals surface area contributed by atoms with Gasteiger partial charge in [-0.15, -0.1) is 0 Å². The maximum Gasteiger partial charge on any atom is 0.167 e. The largest absolute Gasteiger partial charge is 0.493 e. The van der Waals surface area contributed by atoms with Crippen LogP contribution in [0.1, 0.15) is 38.4 Å². The fourth-order valence-corrected chi connectivity index (χ4v) is 4.35. The first-order valence-corrected chi connectivity index (χ1v) is 8.32. The average Bonchev–Trinajstić information content (AvgIpc) is 2.53. The van der Waals surface area contributed by atoms with E-state index in [-0.39, 0.29) is 11.7 Å². The number of hydrogen-bond acceptors (Lipinski definition) is 4. The highest BCUT2D eigenvalue weighted by atomic mass is 16.5. The van der Waals surface area contributed by atoms with E-state index in [4.69, 9.17) is 14.2 Å². The molecule has 22 heavy (non-hydrogen) atoms. The van der Waals surface area contributed by atoms with Crippen molar-refractivity contribution in [1.29, 1.82) is 0 Å². The van der Waals surface area contributed by atoms with Crippen molar-refractivity contribution >= 4 is 0 Å². The molecule has 4 atom stereocenters. The topological polar surface area (TPSA) is 39.7 Å². The number of fused-ring (bicyclic) bond motifs is 4. The van der Waals surface area contributed by atoms with Gasteiger partial charge >= 0.3 is 0 Å². The highest BCUT2D eigenvalue weighted by Gasteiger charge is 2.51. The number of hydrogen-bond donors (Lipinski definition) is 1. The minimum atomic E-state index is -0.241. The second kappa shape index (κ2) is 5.14. The molecule has 4 rings (SSSR count). The smallest absolute Gasteiger partial charge is 0.167 e. The van der Waals surface area contributed by atoms with Gasteiger partial charge in [-0.1, -0.05) is 12.1 Å². The van der Waals surface area contributed by atoms with Crippen LogP contribution in [0.15, 0.2) is 18.2 Å². The first-order chi connectivity index (χ1) is 10.6. The summed E-state index contributed by atoms with van der Waals surface area (Å²) >= 11 is 0. The van der Waals surface area contributed by atoms with Crippen molar-refractivity contribution in [3.8, 4) is 11.5 Å². The van der Waals surface area contributed by atoms with Gasteiger partial charge in [0.2, 0.25) is 0 Å². The Morgan fingerprint density at radius 3 is 3.00 bits per heavy atom. The van der Waals surface area contributed by atoms with Gasteiger partial charge in [-0.3, -0.25) is 0 Å². The van der Waals surface area contributed by atoms with Gasteiger partial charge in [0.15, 0.2) is 11.5 Å². The highest BCUT2D eigenvalue weighted by Crippen LogP contribution is 2.54. The third-order valence-corrected chi connectivity index (χ3v) is 5.58. The summed E-state index contributed by atoms with van der Waals surface area (Å²) in [6.07, 6.45) is 2.75. The monoisotopic (exact) mass is 303 g/mol. The molecule has 4 heteroatoms. The number of rotatable bonds is 1. The lowest BCUT2D eigenvalue weighted by atomic mass is 9.71. The van der Waals surface area contributed by atoms with Crippen LogP contribution in [0.25, 0.3) is 0 Å². The minimum Gasteiger partial charge on any atom is -0.493 e. The molecule has 1 aromatic carbocycles. The number of nitrogens with one attached hydrogen (secondary N) is 1. The Labute approximate surface area is 132 Å². The summed E-state index contributed by atoms with van der Waals surface area (Å²) in [5, 5.41) is 3.50. The normalized spacial score (nSPS) is 35.6. The van der Waals surface area contributed by atoms with Gasteiger partial charge in [0.05, 0.1) is 19.3 Å². The average molecular weight is 303 g/mol. The summed E-state index contributed by atoms with van der Waals surface area (Å²) in [5.41, 5.74) is 0.912. The SMILES string of the molecule is COc1cccc2c1OC(C)(C)[C@@H]1C[C@H]3CNCC[C@H]3O[C@@H]21. The molecule has 3 heterocycles. The van der Waals surface area contributed by atoms with Crippen molar-refractivity contribution in [2.45, 2.75) is 44.5 Å². The van der Waals surface area contributed by atoms with Gasteiger partial charge in [0.25, 0.3) is 0 Å². The molecule has 4 nitrogen and oxygen atoms in total. The number of para-hydroxylation sites is 1. The molecule has 3 aliphatic rings. The zero-order valence-corrected chi connectivity index (χ0v) is 13.6. The molecule has 0 amide bonds. The van der Waals surface area contributed by atoms with Crippen molar-refractivity contribution in [2.75, 3.05) is 20.2 Å². The van der Waals surface area contributed by atoms with Crippen LogP contribution in [0.2, 0.25) is 0 Å². The Balaban J connectivity index is 1.75. The lowest BCUT2D eigenvalue weighted by Gasteiger charge is -2.52. The van der Waals surface area contributed by atoms with E-state index in [1.165, 1.54) is 0 Å². The summed E-state index contributed by atoms with van der Waals surface area (Å²) in [6, 6.07) is 6.13. The van der Waals surface area contributed by atoms with Crippen LogP contribution in [0, 0.1) is 11.8 Å². The highest BCUT2D eigenvalue weighted by molar-refractivity contribution is 5.50. The number of methoxy groups -OCH3 is 1. The molecule has 1 N–H and O–H groups in total. The molecule has 0 bridgehead atoms. The van der Waals surface area contributed by atoms with Crippen LogP contribution in [0.3, 0.4) is 0 Å². The molecule has 0 saturated carbocycles. The van der Waals surface area contributed by atoms with Crippen LogP contribution in [-0.2, 0) is 4.74 Å². The second-order valence-electron chi connectivity index (χ2n) is 7.27. The van der Waals surface area contributed by atoms with Gasteiger partial charge in [-0.25, -0.2) is 0 Å². The Kier molecular flexibility index (Phi) is 3.35. The van der Waals surface area contributed by atoms with Gasteiger partial charge < -0.3 is 19.5 Å². The van der Waals surface area contributed by atoms with Crippen LogP contribution in [0.4, 0.5) is 0 Å². The van der Waals surface area contributed by atoms with E-state index in [1.807, 2.05) is 12.1 Å². The lowest BCUT2D eigenvalue weighted by molar-refractivity contribution is -0.178. The van der Waals surface area contributed by atoms with E-state index in [0.29, 0.717) is 17.9 Å². The standard InChI is InChI=1S/C18H25NO3/c1-18(2)13-9-11-10-19-8-7-14(11)21-16(13)12-5-4-6-15(20-3)17(12)22-18/h4-6,11,13-14,16,19H,7-10H2,1-3H3/t11-,13+,14+,16-/m0/s1. The summed E-state index contributed by atoms with van der Waals surface area (Å²) < 4.78 is 18.4. The Morgan fingerprint density at radius 2 is 2.18 bits per heavy atom. The van der Waals surface area contributed by atoms with Crippen molar-refractivity contribution in [3.05, 3.63) is 23.8 Å². The molecule has 1 aromatic rings. The molecular formula is C18H25NO3. The van der Waals surface area contributed by atoms with E-state index in [0.717, 1.165) is 43.0 Å². The molecule has 3 aliphatic heterocycles. The number of benzene rings is 1. The minimum absolute atomic E-state index is 0.119. The molecule has 0 unspecified atom stereocenters. The molecule has 120 valence electrons. The second-order valence-corrected chi connectivity index (χ2v) is 7.27. The maximum atomic E-state index is 6.58. The van der Waals surface area contributed by atoms with Crippen molar-refractivity contribution in [2.24, 2.45) is 11.8 Å². The van der Waals surface area contributed by atoms with Crippen molar-refractivity contribution < 1.29 is 14.2 Å². The summed E-state index contributed by atoms with van der Waals surface area (Å²) in [5.74, 6) is 2.65. The fraction of sp³-hybridized carbons (Fsp3) is 0.667. The van der Waals surface area contributed by atoms with Crippen LogP contribution >= 0.6 is 0 Å². The van der Waals surface area contributed by atoms with E-state index in [9.17, 15) is 0 Å². The zero-order chi connectivity index (χ0) is 15.3. The van der Waals surface area contributed by atoms with Crippen molar-refractivity contribution in [1.82, 2.24) is 5.32 Å². The van der Waals surface area contributed by atoms with Crippen LogP contribution in [0.5, 0.6) is 11.5 Å². The Morgan fingerprint density at radius 1 is 1.32 bits per heavy atom. The van der Waals surface area contributed by atoms with Crippen LogP contribution in [-0.4, -0.2) is 31.9 Å². The van der Waals surface area contributed by atoms with Crippen molar-refractivity contribution in [3.63, 3.8) is 0 Å². The quantitative estimate of drug-likeness (QED) is 0.866. The first-order valence-electron chi connectivity index (χ1n) is 8.32. The maximum absolute atomic E-state index is 6.58. The molecule has 0 radical (unpaired) electrons. The molecule has 2 saturated heterocycles. The molecule has 0 aromatic heterocycles. The summed E-state index contributed by atoms with van der Waals surface area (Å²) in [6.45, 7) is 6.48. The first kappa shape index (κ1) is 14.3. The Bertz CT molecular complexity index is 571. The lowest BCUT2D eigenvalue weighted by Crippen LogP contribution is -2.54. The zero-order valence-electron chi connectivity index (χ0n) is 13.6. The predicted octanol–water partition coefficient (Wildman–Crippen LogP) is 2.92. The van der Waals surface area contributed by atoms with E-state index < -0.39 is 0 Å². The third kappa shape index (κ3) is 2.12. The molecular weight excluding hydrogens is 278 g/mol. The summed E-state index contributed by atoms with van der Waals surface area (Å²) in [7, 11) is 1.70. The van der Waals surface area contributed by atoms with E-state index in [2.05, 4.69) is 25.2 Å². The molecule has 2 fully saturated rings. The fourth-order valence-electron chi connectivity index (χ4n) is 4.35. The van der Waals surface area contributed by atoms with Gasteiger partial charge in [-0.05, 0) is 45.2 Å². The predicted molar refractivity (Wildman–Crippen MR) is 84.4 cm³/mol. The van der Waals surface area contributed by atoms with Gasteiger partial charge in [0, 0.05) is 18.0 Å². The molecule has 0 spiro atoms. The van der Waals surface area contributed by atoms with E-state index in [1.54, 1.807) is 7.11 Å². The van der Waals surface area contributed by atoms with Gasteiger partial charge in [-0.2, -0.15) is 0 Å². The Hall–Kier alpha value is -1.26. The molecule has 0 aliphatic carbocycles.